The smallest absolute Gasteiger partial charge is 0.135 e. The third-order valence-electron chi connectivity index (χ3n) is 1.52. The van der Waals surface area contributed by atoms with Crippen LogP contribution >= 0.6 is 22.6 Å². The highest BCUT2D eigenvalue weighted by Crippen LogP contribution is 2.25. The summed E-state index contributed by atoms with van der Waals surface area (Å²) in [5, 5.41) is 0. The topological polar surface area (TPSA) is 9.23 Å². The third kappa shape index (κ3) is 2.37. The van der Waals surface area contributed by atoms with Gasteiger partial charge in [0.05, 0.1) is 9.67 Å². The van der Waals surface area contributed by atoms with Gasteiger partial charge in [-0.25, -0.2) is 0 Å². The van der Waals surface area contributed by atoms with Crippen molar-refractivity contribution in [2.45, 2.75) is 26.9 Å². The van der Waals surface area contributed by atoms with Crippen LogP contribution in [0.1, 0.15) is 19.4 Å². The third-order valence-corrected chi connectivity index (χ3v) is 2.37. The maximum atomic E-state index is 5.67. The van der Waals surface area contributed by atoms with E-state index in [0.29, 0.717) is 0 Å². The van der Waals surface area contributed by atoms with E-state index in [2.05, 4.69) is 41.6 Å². The van der Waals surface area contributed by atoms with Crippen LogP contribution in [-0.2, 0) is 0 Å². The molecule has 0 fully saturated rings. The highest BCUT2D eigenvalue weighted by Gasteiger charge is 2.05. The molecule has 0 spiro atoms. The number of benzene rings is 1. The molecule has 0 amide bonds. The predicted molar refractivity (Wildman–Crippen MR) is 59.7 cm³/mol. The highest BCUT2D eigenvalue weighted by molar-refractivity contribution is 14.1. The molecule has 66 valence electrons. The number of ether oxygens (including phenoxy) is 1. The second-order valence-electron chi connectivity index (χ2n) is 3.05. The van der Waals surface area contributed by atoms with E-state index in [1.165, 1.54) is 9.13 Å². The largest absolute Gasteiger partial charge is 0.490 e. The second kappa shape index (κ2) is 4.12. The van der Waals surface area contributed by atoms with Gasteiger partial charge < -0.3 is 4.74 Å². The zero-order valence-corrected chi connectivity index (χ0v) is 9.75. The fourth-order valence-corrected chi connectivity index (χ4v) is 1.76. The van der Waals surface area contributed by atoms with E-state index in [-0.39, 0.29) is 6.10 Å². The number of rotatable bonds is 2. The van der Waals surface area contributed by atoms with Gasteiger partial charge >= 0.3 is 0 Å². The quantitative estimate of drug-likeness (QED) is 0.752. The van der Waals surface area contributed by atoms with E-state index >= 15 is 0 Å². The summed E-state index contributed by atoms with van der Waals surface area (Å²) in [6.45, 7) is 6.16. The van der Waals surface area contributed by atoms with Crippen LogP contribution in [0, 0.1) is 10.5 Å². The summed E-state index contributed by atoms with van der Waals surface area (Å²) in [7, 11) is 0. The number of hydrogen-bond acceptors (Lipinski definition) is 1. The lowest BCUT2D eigenvalue weighted by molar-refractivity contribution is 0.239. The number of hydrogen-bond donors (Lipinski definition) is 0. The fourth-order valence-electron chi connectivity index (χ4n) is 1.00. The van der Waals surface area contributed by atoms with Crippen molar-refractivity contribution in [1.29, 1.82) is 0 Å². The Kier molecular flexibility index (Phi) is 3.38. The Balaban J connectivity index is 2.96. The Labute approximate surface area is 87.3 Å². The first-order chi connectivity index (χ1) is 5.61. The maximum Gasteiger partial charge on any atom is 0.135 e. The van der Waals surface area contributed by atoms with Crippen LogP contribution in [0.5, 0.6) is 5.75 Å². The lowest BCUT2D eigenvalue weighted by Gasteiger charge is -2.13. The van der Waals surface area contributed by atoms with Crippen molar-refractivity contribution in [3.63, 3.8) is 0 Å². The molecule has 0 aliphatic rings. The van der Waals surface area contributed by atoms with Crippen molar-refractivity contribution in [1.82, 2.24) is 0 Å². The zero-order valence-electron chi connectivity index (χ0n) is 7.60. The average Bonchev–Trinajstić information content (AvgIpc) is 1.97. The molecule has 1 aromatic carbocycles. The summed E-state index contributed by atoms with van der Waals surface area (Å²) < 4.78 is 6.85. The normalized spacial score (nSPS) is 10.4. The summed E-state index contributed by atoms with van der Waals surface area (Å²) in [5.74, 6) is 1.02. The molecular formula is C10H13IO. The molecule has 0 saturated carbocycles. The molecule has 1 aromatic rings. The van der Waals surface area contributed by atoms with Gasteiger partial charge in [0.2, 0.25) is 0 Å². The maximum absolute atomic E-state index is 5.67. The molecule has 0 radical (unpaired) electrons. The van der Waals surface area contributed by atoms with Gasteiger partial charge in [-0.3, -0.25) is 0 Å². The Morgan fingerprint density at radius 2 is 2.00 bits per heavy atom. The molecule has 0 aliphatic carbocycles. The molecule has 0 aliphatic heterocycles. The van der Waals surface area contributed by atoms with Gasteiger partial charge in [-0.2, -0.15) is 0 Å². The molecule has 2 heteroatoms. The molecular weight excluding hydrogens is 263 g/mol. The van der Waals surface area contributed by atoms with Gasteiger partial charge in [0.15, 0.2) is 0 Å². The van der Waals surface area contributed by atoms with Crippen molar-refractivity contribution < 1.29 is 4.74 Å². The lowest BCUT2D eigenvalue weighted by atomic mass is 10.2. The van der Waals surface area contributed by atoms with Crippen LogP contribution in [0.2, 0.25) is 0 Å². The molecule has 0 aromatic heterocycles. The van der Waals surface area contributed by atoms with Gasteiger partial charge in [-0.05, 0) is 55.0 Å². The fraction of sp³-hybridized carbons (Fsp3) is 0.400. The molecule has 0 bridgehead atoms. The Morgan fingerprint density at radius 3 is 2.50 bits per heavy atom. The van der Waals surface area contributed by atoms with Crippen molar-refractivity contribution in [3.05, 3.63) is 27.3 Å². The van der Waals surface area contributed by atoms with Crippen molar-refractivity contribution in [2.24, 2.45) is 0 Å². The van der Waals surface area contributed by atoms with Crippen molar-refractivity contribution >= 4 is 22.6 Å². The SMILES string of the molecule is Cc1cccc(I)c1OC(C)C. The number of para-hydroxylation sites is 1. The summed E-state index contributed by atoms with van der Waals surface area (Å²) in [5.41, 5.74) is 1.20. The van der Waals surface area contributed by atoms with Gasteiger partial charge in [-0.1, -0.05) is 12.1 Å². The van der Waals surface area contributed by atoms with Crippen LogP contribution < -0.4 is 4.74 Å². The highest BCUT2D eigenvalue weighted by atomic mass is 127. The standard InChI is InChI=1S/C10H13IO/c1-7(2)12-10-8(3)5-4-6-9(10)11/h4-7H,1-3H3. The van der Waals surface area contributed by atoms with Crippen LogP contribution in [-0.4, -0.2) is 6.10 Å². The van der Waals surface area contributed by atoms with Gasteiger partial charge in [0, 0.05) is 0 Å². The minimum Gasteiger partial charge on any atom is -0.490 e. The lowest BCUT2D eigenvalue weighted by Crippen LogP contribution is -2.07. The minimum atomic E-state index is 0.250. The molecule has 12 heavy (non-hydrogen) atoms. The predicted octanol–water partition coefficient (Wildman–Crippen LogP) is 3.39. The summed E-state index contributed by atoms with van der Waals surface area (Å²) >= 11 is 2.29. The van der Waals surface area contributed by atoms with Gasteiger partial charge in [0.1, 0.15) is 5.75 Å². The van der Waals surface area contributed by atoms with Crippen molar-refractivity contribution in [3.8, 4) is 5.75 Å². The average molecular weight is 276 g/mol. The summed E-state index contributed by atoms with van der Waals surface area (Å²) in [6, 6.07) is 6.18. The van der Waals surface area contributed by atoms with Crippen LogP contribution in [0.4, 0.5) is 0 Å². The van der Waals surface area contributed by atoms with Crippen LogP contribution in [0.3, 0.4) is 0 Å². The van der Waals surface area contributed by atoms with E-state index in [1.54, 1.807) is 0 Å². The zero-order chi connectivity index (χ0) is 9.14. The van der Waals surface area contributed by atoms with Crippen molar-refractivity contribution in [2.75, 3.05) is 0 Å². The molecule has 0 heterocycles. The first-order valence-electron chi connectivity index (χ1n) is 4.03. The van der Waals surface area contributed by atoms with Crippen LogP contribution in [0.15, 0.2) is 18.2 Å². The molecule has 0 atom stereocenters. The molecule has 1 nitrogen and oxygen atoms in total. The number of aryl methyl sites for hydroxylation is 1. The Hall–Kier alpha value is -0.250. The van der Waals surface area contributed by atoms with E-state index in [9.17, 15) is 0 Å². The second-order valence-corrected chi connectivity index (χ2v) is 4.21. The van der Waals surface area contributed by atoms with E-state index in [0.717, 1.165) is 5.75 Å². The van der Waals surface area contributed by atoms with E-state index in [1.807, 2.05) is 19.9 Å². The first kappa shape index (κ1) is 9.84. The van der Waals surface area contributed by atoms with E-state index < -0.39 is 0 Å². The van der Waals surface area contributed by atoms with Gasteiger partial charge in [-0.15, -0.1) is 0 Å². The summed E-state index contributed by atoms with van der Waals surface area (Å²) in [6.07, 6.45) is 0.250. The van der Waals surface area contributed by atoms with Gasteiger partial charge in [0.25, 0.3) is 0 Å². The molecule has 1 rings (SSSR count). The Morgan fingerprint density at radius 1 is 1.33 bits per heavy atom. The monoisotopic (exact) mass is 276 g/mol. The Bertz CT molecular complexity index is 248. The number of halogens is 1. The molecule has 0 unspecified atom stereocenters. The minimum absolute atomic E-state index is 0.250. The van der Waals surface area contributed by atoms with Crippen LogP contribution in [0.25, 0.3) is 0 Å². The van der Waals surface area contributed by atoms with E-state index in [4.69, 9.17) is 4.74 Å². The first-order valence-corrected chi connectivity index (χ1v) is 5.11. The summed E-state index contributed by atoms with van der Waals surface area (Å²) in [4.78, 5) is 0. The molecule has 0 N–H and O–H groups in total. The molecule has 0 saturated heterocycles.